The molecule has 0 unspecified atom stereocenters. The van der Waals surface area contributed by atoms with Crippen LogP contribution in [0.5, 0.6) is 0 Å². The summed E-state index contributed by atoms with van der Waals surface area (Å²) in [6, 6.07) is 11.4. The summed E-state index contributed by atoms with van der Waals surface area (Å²) >= 11 is 0. The molecule has 1 aromatic carbocycles. The number of aryl methyl sites for hydroxylation is 1. The van der Waals surface area contributed by atoms with E-state index >= 15 is 0 Å². The minimum atomic E-state index is -0.800. The lowest BCUT2D eigenvalue weighted by Crippen LogP contribution is -2.46. The Bertz CT molecular complexity index is 711. The fraction of sp³-hybridized carbons (Fsp3) is 0.333. The number of carboxylic acid groups (broad SMARTS) is 1. The van der Waals surface area contributed by atoms with Gasteiger partial charge in [0.1, 0.15) is 5.76 Å². The van der Waals surface area contributed by atoms with Gasteiger partial charge in [0.15, 0.2) is 5.76 Å². The first-order chi connectivity index (χ1) is 11.1. The van der Waals surface area contributed by atoms with Crippen molar-refractivity contribution in [2.45, 2.75) is 32.2 Å². The van der Waals surface area contributed by atoms with Crippen LogP contribution in [0.1, 0.15) is 35.9 Å². The van der Waals surface area contributed by atoms with Crippen molar-refractivity contribution in [2.75, 3.05) is 0 Å². The van der Waals surface area contributed by atoms with E-state index in [1.54, 1.807) is 12.1 Å². The van der Waals surface area contributed by atoms with E-state index in [0.29, 0.717) is 18.6 Å². The molecular formula is C18H19NO4. The zero-order valence-electron chi connectivity index (χ0n) is 12.9. The molecule has 0 spiro atoms. The normalized spacial score (nSPS) is 19.9. The number of carbonyl (C=O) groups is 2. The molecule has 0 aliphatic heterocycles. The minimum absolute atomic E-state index is 0.0824. The average Bonchev–Trinajstić information content (AvgIpc) is 3.00. The van der Waals surface area contributed by atoms with Crippen LogP contribution < -0.4 is 5.32 Å². The Labute approximate surface area is 134 Å². The second-order valence-electron chi connectivity index (χ2n) is 5.89. The number of carbonyl (C=O) groups excluding carboxylic acids is 1. The standard InChI is InChI=1S/C18H19NO4/c1-2-11-3-5-12(6-4-11)15-7-8-16(23-15)17(20)19-14-9-13(10-14)18(21)22/h3-8,13-14H,2,9-10H2,1H3,(H,19,20)(H,21,22). The van der Waals surface area contributed by atoms with Crippen molar-refractivity contribution in [3.05, 3.63) is 47.7 Å². The van der Waals surface area contributed by atoms with Crippen LogP contribution in [0.3, 0.4) is 0 Å². The molecule has 0 radical (unpaired) electrons. The lowest BCUT2D eigenvalue weighted by atomic mass is 9.80. The average molecular weight is 313 g/mol. The highest BCUT2D eigenvalue weighted by Crippen LogP contribution is 2.28. The molecule has 120 valence electrons. The molecule has 2 N–H and O–H groups in total. The Balaban J connectivity index is 1.62. The zero-order chi connectivity index (χ0) is 16.4. The summed E-state index contributed by atoms with van der Waals surface area (Å²) in [7, 11) is 0. The fourth-order valence-electron chi connectivity index (χ4n) is 2.71. The first-order valence-electron chi connectivity index (χ1n) is 7.79. The summed E-state index contributed by atoms with van der Waals surface area (Å²) in [4.78, 5) is 22.9. The van der Waals surface area contributed by atoms with Crippen molar-refractivity contribution in [1.29, 1.82) is 0 Å². The van der Waals surface area contributed by atoms with Gasteiger partial charge in [-0.15, -0.1) is 0 Å². The van der Waals surface area contributed by atoms with Crippen molar-refractivity contribution in [2.24, 2.45) is 5.92 Å². The Hall–Kier alpha value is -2.56. The minimum Gasteiger partial charge on any atom is -0.481 e. The Morgan fingerprint density at radius 1 is 1.17 bits per heavy atom. The number of aliphatic carboxylic acids is 1. The third-order valence-corrected chi connectivity index (χ3v) is 4.30. The first-order valence-corrected chi connectivity index (χ1v) is 7.79. The largest absolute Gasteiger partial charge is 0.481 e. The molecule has 5 nitrogen and oxygen atoms in total. The summed E-state index contributed by atoms with van der Waals surface area (Å²) in [5, 5.41) is 11.6. The second-order valence-corrected chi connectivity index (χ2v) is 5.89. The summed E-state index contributed by atoms with van der Waals surface area (Å²) in [5.74, 6) is -0.542. The molecule has 0 saturated heterocycles. The van der Waals surface area contributed by atoms with E-state index in [0.717, 1.165) is 12.0 Å². The molecule has 1 amide bonds. The van der Waals surface area contributed by atoms with E-state index in [4.69, 9.17) is 9.52 Å². The summed E-state index contributed by atoms with van der Waals surface area (Å²) in [6.45, 7) is 2.10. The predicted molar refractivity (Wildman–Crippen MR) is 85.1 cm³/mol. The van der Waals surface area contributed by atoms with Crippen LogP contribution in [0.15, 0.2) is 40.8 Å². The first kappa shape index (κ1) is 15.3. The fourth-order valence-corrected chi connectivity index (χ4v) is 2.71. The van der Waals surface area contributed by atoms with Gasteiger partial charge in [-0.05, 0) is 37.0 Å². The van der Waals surface area contributed by atoms with Gasteiger partial charge in [0, 0.05) is 11.6 Å². The van der Waals surface area contributed by atoms with Gasteiger partial charge < -0.3 is 14.8 Å². The van der Waals surface area contributed by atoms with Gasteiger partial charge in [0.05, 0.1) is 5.92 Å². The molecule has 1 aliphatic rings. The van der Waals surface area contributed by atoms with Crippen LogP contribution in [0.2, 0.25) is 0 Å². The van der Waals surface area contributed by atoms with Crippen LogP contribution in [-0.2, 0) is 11.2 Å². The van der Waals surface area contributed by atoms with E-state index in [1.807, 2.05) is 24.3 Å². The maximum Gasteiger partial charge on any atom is 0.306 e. The summed E-state index contributed by atoms with van der Waals surface area (Å²) < 4.78 is 5.62. The van der Waals surface area contributed by atoms with Gasteiger partial charge in [-0.3, -0.25) is 9.59 Å². The smallest absolute Gasteiger partial charge is 0.306 e. The molecule has 1 aliphatic carbocycles. The van der Waals surface area contributed by atoms with Gasteiger partial charge in [-0.2, -0.15) is 0 Å². The third kappa shape index (κ3) is 3.28. The maximum atomic E-state index is 12.1. The quantitative estimate of drug-likeness (QED) is 0.889. The highest BCUT2D eigenvalue weighted by molar-refractivity contribution is 5.92. The van der Waals surface area contributed by atoms with Crippen molar-refractivity contribution in [3.8, 4) is 11.3 Å². The molecule has 0 atom stereocenters. The summed E-state index contributed by atoms with van der Waals surface area (Å²) in [5.41, 5.74) is 2.17. The van der Waals surface area contributed by atoms with Crippen molar-refractivity contribution >= 4 is 11.9 Å². The topological polar surface area (TPSA) is 79.5 Å². The van der Waals surface area contributed by atoms with Crippen LogP contribution in [0.4, 0.5) is 0 Å². The number of furan rings is 1. The molecule has 3 rings (SSSR count). The number of rotatable bonds is 5. The number of hydrogen-bond donors (Lipinski definition) is 2. The lowest BCUT2D eigenvalue weighted by Gasteiger charge is -2.32. The predicted octanol–water partition coefficient (Wildman–Crippen LogP) is 3.10. The highest BCUT2D eigenvalue weighted by Gasteiger charge is 2.35. The van der Waals surface area contributed by atoms with Gasteiger partial charge in [-0.25, -0.2) is 0 Å². The highest BCUT2D eigenvalue weighted by atomic mass is 16.4. The molecule has 1 fully saturated rings. The van der Waals surface area contributed by atoms with E-state index in [-0.39, 0.29) is 23.6 Å². The SMILES string of the molecule is CCc1ccc(-c2ccc(C(=O)NC3CC(C(=O)O)C3)o2)cc1. The molecule has 1 heterocycles. The monoisotopic (exact) mass is 313 g/mol. The van der Waals surface area contributed by atoms with Crippen molar-refractivity contribution in [1.82, 2.24) is 5.32 Å². The number of amides is 1. The van der Waals surface area contributed by atoms with E-state index in [2.05, 4.69) is 12.2 Å². The molecule has 0 bridgehead atoms. The molecular weight excluding hydrogens is 294 g/mol. The Morgan fingerprint density at radius 3 is 2.48 bits per heavy atom. The second kappa shape index (κ2) is 6.28. The van der Waals surface area contributed by atoms with Crippen LogP contribution in [0, 0.1) is 5.92 Å². The number of hydrogen-bond acceptors (Lipinski definition) is 3. The maximum absolute atomic E-state index is 12.1. The van der Waals surface area contributed by atoms with E-state index < -0.39 is 5.97 Å². The number of benzene rings is 1. The van der Waals surface area contributed by atoms with Crippen LogP contribution in [0.25, 0.3) is 11.3 Å². The van der Waals surface area contributed by atoms with Crippen LogP contribution in [-0.4, -0.2) is 23.0 Å². The van der Waals surface area contributed by atoms with Gasteiger partial charge >= 0.3 is 5.97 Å². The molecule has 1 saturated carbocycles. The summed E-state index contributed by atoms with van der Waals surface area (Å²) in [6.07, 6.45) is 1.94. The van der Waals surface area contributed by atoms with Crippen molar-refractivity contribution < 1.29 is 19.1 Å². The number of carboxylic acids is 1. The third-order valence-electron chi connectivity index (χ3n) is 4.30. The molecule has 5 heteroatoms. The van der Waals surface area contributed by atoms with Gasteiger partial charge in [0.2, 0.25) is 0 Å². The van der Waals surface area contributed by atoms with E-state index in [1.165, 1.54) is 5.56 Å². The van der Waals surface area contributed by atoms with Gasteiger partial charge in [0.25, 0.3) is 5.91 Å². The number of nitrogens with one attached hydrogen (secondary N) is 1. The molecule has 2 aromatic rings. The van der Waals surface area contributed by atoms with E-state index in [9.17, 15) is 9.59 Å². The molecule has 23 heavy (non-hydrogen) atoms. The lowest BCUT2D eigenvalue weighted by molar-refractivity contribution is -0.145. The van der Waals surface area contributed by atoms with Crippen LogP contribution >= 0.6 is 0 Å². The van der Waals surface area contributed by atoms with Crippen molar-refractivity contribution in [3.63, 3.8) is 0 Å². The molecule has 1 aromatic heterocycles. The van der Waals surface area contributed by atoms with Gasteiger partial charge in [-0.1, -0.05) is 31.2 Å². The Kier molecular flexibility index (Phi) is 4.19. The Morgan fingerprint density at radius 2 is 1.87 bits per heavy atom. The zero-order valence-corrected chi connectivity index (χ0v) is 12.9.